The molecule has 1 unspecified atom stereocenters. The van der Waals surface area contributed by atoms with Gasteiger partial charge in [0.05, 0.1) is 6.10 Å². The van der Waals surface area contributed by atoms with Gasteiger partial charge in [0.1, 0.15) is 6.61 Å². The Morgan fingerprint density at radius 3 is 2.40 bits per heavy atom. The summed E-state index contributed by atoms with van der Waals surface area (Å²) in [6.45, 7) is 3.77. The average molecular weight is 216 g/mol. The van der Waals surface area contributed by atoms with E-state index in [9.17, 15) is 14.7 Å². The van der Waals surface area contributed by atoms with Gasteiger partial charge in [-0.05, 0) is 12.3 Å². The summed E-state index contributed by atoms with van der Waals surface area (Å²) < 4.78 is 4.62. The first-order chi connectivity index (χ1) is 6.91. The standard InChI is InChI=1S/C10H16O5/c1-7(2)5-8(11)6-15-10(14)4-3-9(12)13/h3-4,7-8,11H,5-6H2,1-2H3,(H,12,13). The number of carbonyl (C=O) groups excluding carboxylic acids is 1. The fourth-order valence-electron chi connectivity index (χ4n) is 0.978. The molecule has 0 amide bonds. The molecule has 0 aliphatic rings. The monoisotopic (exact) mass is 216 g/mol. The minimum Gasteiger partial charge on any atom is -0.478 e. The van der Waals surface area contributed by atoms with Gasteiger partial charge in [0.15, 0.2) is 0 Å². The summed E-state index contributed by atoms with van der Waals surface area (Å²) in [4.78, 5) is 20.9. The second-order valence-electron chi connectivity index (χ2n) is 3.58. The normalized spacial score (nSPS) is 13.1. The summed E-state index contributed by atoms with van der Waals surface area (Å²) in [5.41, 5.74) is 0. The molecule has 0 fully saturated rings. The largest absolute Gasteiger partial charge is 0.478 e. The van der Waals surface area contributed by atoms with Crippen molar-refractivity contribution in [2.75, 3.05) is 6.61 Å². The number of hydrogen-bond donors (Lipinski definition) is 2. The highest BCUT2D eigenvalue weighted by Crippen LogP contribution is 2.04. The molecule has 0 saturated carbocycles. The molecule has 0 aromatic carbocycles. The van der Waals surface area contributed by atoms with Crippen molar-refractivity contribution in [3.8, 4) is 0 Å². The number of carboxylic acid groups (broad SMARTS) is 1. The van der Waals surface area contributed by atoms with Gasteiger partial charge in [-0.1, -0.05) is 13.8 Å². The summed E-state index contributed by atoms with van der Waals surface area (Å²) in [6.07, 6.45) is 1.34. The van der Waals surface area contributed by atoms with Gasteiger partial charge in [0, 0.05) is 12.2 Å². The van der Waals surface area contributed by atoms with Crippen molar-refractivity contribution in [1.29, 1.82) is 0 Å². The smallest absolute Gasteiger partial charge is 0.331 e. The number of carboxylic acids is 1. The zero-order chi connectivity index (χ0) is 11.8. The summed E-state index contributed by atoms with van der Waals surface area (Å²) in [7, 11) is 0. The van der Waals surface area contributed by atoms with Crippen molar-refractivity contribution in [1.82, 2.24) is 0 Å². The minimum atomic E-state index is -1.21. The molecular formula is C10H16O5. The molecular weight excluding hydrogens is 200 g/mol. The lowest BCUT2D eigenvalue weighted by Gasteiger charge is -2.12. The molecule has 0 aliphatic heterocycles. The first kappa shape index (κ1) is 13.6. The Morgan fingerprint density at radius 1 is 1.33 bits per heavy atom. The summed E-state index contributed by atoms with van der Waals surface area (Å²) >= 11 is 0. The number of aliphatic hydroxyl groups is 1. The summed E-state index contributed by atoms with van der Waals surface area (Å²) in [5, 5.41) is 17.5. The van der Waals surface area contributed by atoms with Crippen LogP contribution in [0, 0.1) is 5.92 Å². The second-order valence-corrected chi connectivity index (χ2v) is 3.58. The predicted octanol–water partition coefficient (Wildman–Crippen LogP) is 0.577. The van der Waals surface area contributed by atoms with E-state index in [1.54, 1.807) is 0 Å². The van der Waals surface area contributed by atoms with Crippen LogP contribution < -0.4 is 0 Å². The lowest BCUT2D eigenvalue weighted by Crippen LogP contribution is -2.19. The fraction of sp³-hybridized carbons (Fsp3) is 0.600. The van der Waals surface area contributed by atoms with E-state index in [-0.39, 0.29) is 6.61 Å². The highest BCUT2D eigenvalue weighted by molar-refractivity contribution is 5.90. The Morgan fingerprint density at radius 2 is 1.93 bits per heavy atom. The van der Waals surface area contributed by atoms with E-state index in [0.29, 0.717) is 18.4 Å². The molecule has 0 bridgehead atoms. The minimum absolute atomic E-state index is 0.110. The van der Waals surface area contributed by atoms with Gasteiger partial charge in [-0.25, -0.2) is 9.59 Å². The molecule has 15 heavy (non-hydrogen) atoms. The SMILES string of the molecule is CC(C)CC(O)COC(=O)C=CC(=O)O. The maximum Gasteiger partial charge on any atom is 0.331 e. The van der Waals surface area contributed by atoms with Crippen LogP contribution in [-0.2, 0) is 14.3 Å². The van der Waals surface area contributed by atoms with Crippen molar-refractivity contribution in [3.63, 3.8) is 0 Å². The van der Waals surface area contributed by atoms with E-state index in [4.69, 9.17) is 5.11 Å². The molecule has 0 heterocycles. The fourth-order valence-corrected chi connectivity index (χ4v) is 0.978. The molecule has 86 valence electrons. The Bertz CT molecular complexity index is 244. The van der Waals surface area contributed by atoms with Crippen LogP contribution in [0.25, 0.3) is 0 Å². The molecule has 0 rings (SSSR count). The molecule has 5 nitrogen and oxygen atoms in total. The third-order valence-corrected chi connectivity index (χ3v) is 1.52. The third-order valence-electron chi connectivity index (χ3n) is 1.52. The van der Waals surface area contributed by atoms with Gasteiger partial charge >= 0.3 is 11.9 Å². The lowest BCUT2D eigenvalue weighted by atomic mass is 10.1. The Hall–Kier alpha value is -1.36. The number of ether oxygens (including phenoxy) is 1. The maximum atomic E-state index is 10.9. The first-order valence-electron chi connectivity index (χ1n) is 4.67. The van der Waals surface area contributed by atoms with Gasteiger partial charge in [-0.15, -0.1) is 0 Å². The number of esters is 1. The van der Waals surface area contributed by atoms with Gasteiger partial charge < -0.3 is 14.9 Å². The quantitative estimate of drug-likeness (QED) is 0.501. The Kier molecular flexibility index (Phi) is 6.37. The Balaban J connectivity index is 3.75. The Labute approximate surface area is 88.4 Å². The molecule has 0 spiro atoms. The van der Waals surface area contributed by atoms with Crippen LogP contribution in [0.5, 0.6) is 0 Å². The highest BCUT2D eigenvalue weighted by atomic mass is 16.5. The van der Waals surface area contributed by atoms with Crippen LogP contribution in [-0.4, -0.2) is 34.9 Å². The molecule has 0 radical (unpaired) electrons. The molecule has 1 atom stereocenters. The van der Waals surface area contributed by atoms with Crippen molar-refractivity contribution in [3.05, 3.63) is 12.2 Å². The van der Waals surface area contributed by atoms with Gasteiger partial charge in [-0.2, -0.15) is 0 Å². The van der Waals surface area contributed by atoms with Crippen LogP contribution in [0.1, 0.15) is 20.3 Å². The molecule has 2 N–H and O–H groups in total. The zero-order valence-electron chi connectivity index (χ0n) is 8.84. The van der Waals surface area contributed by atoms with E-state index in [2.05, 4.69) is 4.74 Å². The molecule has 0 saturated heterocycles. The van der Waals surface area contributed by atoms with Crippen LogP contribution >= 0.6 is 0 Å². The number of carbonyl (C=O) groups is 2. The van der Waals surface area contributed by atoms with E-state index >= 15 is 0 Å². The van der Waals surface area contributed by atoms with Crippen LogP contribution in [0.3, 0.4) is 0 Å². The van der Waals surface area contributed by atoms with Gasteiger partial charge in [-0.3, -0.25) is 0 Å². The summed E-state index contributed by atoms with van der Waals surface area (Å²) in [6, 6.07) is 0. The zero-order valence-corrected chi connectivity index (χ0v) is 8.84. The number of aliphatic carboxylic acids is 1. The first-order valence-corrected chi connectivity index (χ1v) is 4.67. The average Bonchev–Trinajstić information content (AvgIpc) is 2.10. The van der Waals surface area contributed by atoms with E-state index in [1.807, 2.05) is 13.8 Å². The van der Waals surface area contributed by atoms with Crippen LogP contribution in [0.4, 0.5) is 0 Å². The van der Waals surface area contributed by atoms with E-state index in [1.165, 1.54) is 0 Å². The number of rotatable bonds is 6. The van der Waals surface area contributed by atoms with Crippen molar-refractivity contribution >= 4 is 11.9 Å². The molecule has 0 aliphatic carbocycles. The van der Waals surface area contributed by atoms with E-state index in [0.717, 1.165) is 6.08 Å². The van der Waals surface area contributed by atoms with Crippen molar-refractivity contribution in [2.24, 2.45) is 5.92 Å². The van der Waals surface area contributed by atoms with Crippen LogP contribution in [0.2, 0.25) is 0 Å². The van der Waals surface area contributed by atoms with Gasteiger partial charge in [0.25, 0.3) is 0 Å². The van der Waals surface area contributed by atoms with Crippen LogP contribution in [0.15, 0.2) is 12.2 Å². The van der Waals surface area contributed by atoms with Gasteiger partial charge in [0.2, 0.25) is 0 Å². The van der Waals surface area contributed by atoms with E-state index < -0.39 is 18.0 Å². The maximum absolute atomic E-state index is 10.9. The third kappa shape index (κ3) is 8.96. The summed E-state index contributed by atoms with van der Waals surface area (Å²) in [5.74, 6) is -1.66. The topological polar surface area (TPSA) is 83.8 Å². The number of aliphatic hydroxyl groups excluding tert-OH is 1. The molecule has 0 aromatic heterocycles. The molecule has 5 heteroatoms. The number of hydrogen-bond acceptors (Lipinski definition) is 4. The molecule has 0 aromatic rings. The lowest BCUT2D eigenvalue weighted by molar-refractivity contribution is -0.141. The van der Waals surface area contributed by atoms with Crippen molar-refractivity contribution in [2.45, 2.75) is 26.4 Å². The highest BCUT2D eigenvalue weighted by Gasteiger charge is 2.09. The second kappa shape index (κ2) is 7.00. The predicted molar refractivity (Wildman–Crippen MR) is 53.2 cm³/mol. The van der Waals surface area contributed by atoms with Crippen molar-refractivity contribution < 1.29 is 24.5 Å².